The number of anilines is 1. The monoisotopic (exact) mass is 424 g/mol. The van der Waals surface area contributed by atoms with Crippen LogP contribution in [0.2, 0.25) is 0 Å². The van der Waals surface area contributed by atoms with Gasteiger partial charge >= 0.3 is 0 Å². The molecule has 0 N–H and O–H groups in total. The van der Waals surface area contributed by atoms with Gasteiger partial charge in [0, 0.05) is 31.2 Å². The van der Waals surface area contributed by atoms with Gasteiger partial charge in [-0.1, -0.05) is 32.0 Å². The molecule has 31 heavy (non-hydrogen) atoms. The van der Waals surface area contributed by atoms with Crippen molar-refractivity contribution in [3.63, 3.8) is 0 Å². The second kappa shape index (κ2) is 8.99. The number of nitrogens with zero attached hydrogens (tertiary/aromatic N) is 2. The summed E-state index contributed by atoms with van der Waals surface area (Å²) < 4.78 is 19.8. The zero-order valence-corrected chi connectivity index (χ0v) is 18.8. The summed E-state index contributed by atoms with van der Waals surface area (Å²) in [6, 6.07) is 15.2. The molecule has 4 rings (SSSR count). The van der Waals surface area contributed by atoms with Gasteiger partial charge in [0.05, 0.1) is 12.1 Å². The number of carbonyl (C=O) groups is 1. The smallest absolute Gasteiger partial charge is 0.227 e. The van der Waals surface area contributed by atoms with Crippen LogP contribution in [0.1, 0.15) is 52.0 Å². The van der Waals surface area contributed by atoms with E-state index >= 15 is 0 Å². The van der Waals surface area contributed by atoms with E-state index in [2.05, 4.69) is 43.9 Å². The lowest BCUT2D eigenvalue weighted by atomic mass is 9.81. The molecule has 166 valence electrons. The van der Waals surface area contributed by atoms with E-state index in [-0.39, 0.29) is 17.3 Å². The van der Waals surface area contributed by atoms with Gasteiger partial charge in [0.1, 0.15) is 11.6 Å². The molecule has 2 fully saturated rings. The van der Waals surface area contributed by atoms with Gasteiger partial charge in [0.15, 0.2) is 0 Å². The summed E-state index contributed by atoms with van der Waals surface area (Å²) in [5, 5.41) is 0. The number of hydrogen-bond donors (Lipinski definition) is 0. The largest absolute Gasteiger partial charge is 0.493 e. The van der Waals surface area contributed by atoms with Gasteiger partial charge in [0.2, 0.25) is 5.91 Å². The summed E-state index contributed by atoms with van der Waals surface area (Å²) in [7, 11) is 0. The third-order valence-corrected chi connectivity index (χ3v) is 6.62. The Labute approximate surface area is 185 Å². The van der Waals surface area contributed by atoms with E-state index < -0.39 is 0 Å². The lowest BCUT2D eigenvalue weighted by Gasteiger charge is -2.48. The molecule has 2 aliphatic rings. The fourth-order valence-corrected chi connectivity index (χ4v) is 5.11. The van der Waals surface area contributed by atoms with Crippen LogP contribution in [0.3, 0.4) is 0 Å². The molecule has 0 bridgehead atoms. The molecule has 2 aromatic carbocycles. The van der Waals surface area contributed by atoms with E-state index in [1.807, 2.05) is 17.0 Å². The lowest BCUT2D eigenvalue weighted by molar-refractivity contribution is -0.117. The molecule has 5 heteroatoms. The van der Waals surface area contributed by atoms with Crippen molar-refractivity contribution in [2.45, 2.75) is 64.6 Å². The number of benzene rings is 2. The minimum absolute atomic E-state index is 0.112. The topological polar surface area (TPSA) is 32.8 Å². The number of halogens is 1. The molecule has 2 unspecified atom stereocenters. The number of amides is 1. The Hall–Kier alpha value is -2.40. The first kappa shape index (κ1) is 21.8. The van der Waals surface area contributed by atoms with Crippen molar-refractivity contribution in [3.8, 4) is 5.75 Å². The zero-order chi connectivity index (χ0) is 22.0. The van der Waals surface area contributed by atoms with Crippen LogP contribution >= 0.6 is 0 Å². The Kier molecular flexibility index (Phi) is 6.33. The molecule has 0 saturated carbocycles. The molecule has 2 saturated heterocycles. The maximum Gasteiger partial charge on any atom is 0.227 e. The minimum atomic E-state index is -0.294. The van der Waals surface area contributed by atoms with E-state index in [1.165, 1.54) is 17.7 Å². The SMILES string of the molecule is CC(C)COc1cccc(CN2CCC3(CCC(=O)N3c3cccc(F)c3)CC2C)c1. The summed E-state index contributed by atoms with van der Waals surface area (Å²) in [5.74, 6) is 1.24. The van der Waals surface area contributed by atoms with Crippen LogP contribution in [0.15, 0.2) is 48.5 Å². The fraction of sp³-hybridized carbons (Fsp3) is 0.500. The molecule has 2 heterocycles. The second-order valence-electron chi connectivity index (χ2n) is 9.56. The highest BCUT2D eigenvalue weighted by Crippen LogP contribution is 2.44. The molecule has 0 radical (unpaired) electrons. The summed E-state index contributed by atoms with van der Waals surface area (Å²) >= 11 is 0. The van der Waals surface area contributed by atoms with Gasteiger partial charge in [-0.05, 0) is 68.0 Å². The van der Waals surface area contributed by atoms with Crippen molar-refractivity contribution in [2.24, 2.45) is 5.92 Å². The van der Waals surface area contributed by atoms with Crippen LogP contribution < -0.4 is 9.64 Å². The Morgan fingerprint density at radius 1 is 1.16 bits per heavy atom. The quantitative estimate of drug-likeness (QED) is 0.622. The number of hydrogen-bond acceptors (Lipinski definition) is 3. The molecule has 1 spiro atoms. The molecule has 0 aromatic heterocycles. The van der Waals surface area contributed by atoms with Gasteiger partial charge in [0.25, 0.3) is 0 Å². The Morgan fingerprint density at radius 3 is 2.71 bits per heavy atom. The summed E-state index contributed by atoms with van der Waals surface area (Å²) in [4.78, 5) is 17.1. The van der Waals surface area contributed by atoms with E-state index in [0.717, 1.165) is 44.7 Å². The Morgan fingerprint density at radius 2 is 1.97 bits per heavy atom. The maximum absolute atomic E-state index is 13.9. The standard InChI is InChI=1S/C26H33FN2O2/c1-19(2)18-31-24-9-4-6-21(14-24)17-28-13-12-26(16-20(28)3)11-10-25(30)29(26)23-8-5-7-22(27)15-23/h4-9,14-15,19-20H,10-13,16-18H2,1-3H3. The highest BCUT2D eigenvalue weighted by molar-refractivity contribution is 5.97. The number of likely N-dealkylation sites (tertiary alicyclic amines) is 1. The third kappa shape index (κ3) is 4.77. The second-order valence-corrected chi connectivity index (χ2v) is 9.56. The van der Waals surface area contributed by atoms with Crippen LogP contribution in [-0.4, -0.2) is 35.5 Å². The molecule has 0 aliphatic carbocycles. The van der Waals surface area contributed by atoms with E-state index in [4.69, 9.17) is 4.74 Å². The average molecular weight is 425 g/mol. The fourth-order valence-electron chi connectivity index (χ4n) is 5.11. The highest BCUT2D eigenvalue weighted by Gasteiger charge is 2.49. The van der Waals surface area contributed by atoms with Crippen LogP contribution in [0.5, 0.6) is 5.75 Å². The van der Waals surface area contributed by atoms with Crippen LogP contribution in [0, 0.1) is 11.7 Å². The van der Waals surface area contributed by atoms with E-state index in [1.54, 1.807) is 6.07 Å². The van der Waals surface area contributed by atoms with E-state index in [0.29, 0.717) is 24.1 Å². The molecule has 2 atom stereocenters. The predicted molar refractivity (Wildman–Crippen MR) is 122 cm³/mol. The molecule has 2 aliphatic heterocycles. The summed E-state index contributed by atoms with van der Waals surface area (Å²) in [6.45, 7) is 9.04. The lowest BCUT2D eigenvalue weighted by Crippen LogP contribution is -2.56. The predicted octanol–water partition coefficient (Wildman–Crippen LogP) is 5.41. The van der Waals surface area contributed by atoms with Crippen molar-refractivity contribution < 1.29 is 13.9 Å². The Bertz CT molecular complexity index is 931. The first-order chi connectivity index (χ1) is 14.9. The van der Waals surface area contributed by atoms with Crippen LogP contribution in [-0.2, 0) is 11.3 Å². The third-order valence-electron chi connectivity index (χ3n) is 6.62. The van der Waals surface area contributed by atoms with Crippen LogP contribution in [0.25, 0.3) is 0 Å². The number of rotatable bonds is 6. The van der Waals surface area contributed by atoms with Crippen molar-refractivity contribution in [2.75, 3.05) is 18.1 Å². The average Bonchev–Trinajstić information content (AvgIpc) is 3.04. The first-order valence-corrected chi connectivity index (χ1v) is 11.4. The minimum Gasteiger partial charge on any atom is -0.493 e. The normalized spacial score (nSPS) is 24.4. The number of piperidine rings is 1. The van der Waals surface area contributed by atoms with Crippen molar-refractivity contribution in [3.05, 3.63) is 59.9 Å². The van der Waals surface area contributed by atoms with Crippen LogP contribution in [0.4, 0.5) is 10.1 Å². The number of carbonyl (C=O) groups excluding carboxylic acids is 1. The maximum atomic E-state index is 13.9. The van der Waals surface area contributed by atoms with Crippen molar-refractivity contribution in [1.29, 1.82) is 0 Å². The molecule has 4 nitrogen and oxygen atoms in total. The van der Waals surface area contributed by atoms with Gasteiger partial charge in [-0.25, -0.2) is 4.39 Å². The first-order valence-electron chi connectivity index (χ1n) is 11.4. The van der Waals surface area contributed by atoms with E-state index in [9.17, 15) is 9.18 Å². The molecular formula is C26H33FN2O2. The van der Waals surface area contributed by atoms with Gasteiger partial charge in [-0.2, -0.15) is 0 Å². The molecular weight excluding hydrogens is 391 g/mol. The molecule has 1 amide bonds. The van der Waals surface area contributed by atoms with Crippen molar-refractivity contribution in [1.82, 2.24) is 4.90 Å². The highest BCUT2D eigenvalue weighted by atomic mass is 19.1. The summed E-state index contributed by atoms with van der Waals surface area (Å²) in [6.07, 6.45) is 3.19. The van der Waals surface area contributed by atoms with Gasteiger partial charge in [-0.15, -0.1) is 0 Å². The van der Waals surface area contributed by atoms with Crippen molar-refractivity contribution >= 4 is 11.6 Å². The number of ether oxygens (including phenoxy) is 1. The Balaban J connectivity index is 1.46. The van der Waals surface area contributed by atoms with Gasteiger partial charge in [-0.3, -0.25) is 9.69 Å². The zero-order valence-electron chi connectivity index (χ0n) is 18.8. The van der Waals surface area contributed by atoms with Gasteiger partial charge < -0.3 is 9.64 Å². The summed E-state index contributed by atoms with van der Waals surface area (Å²) in [5.41, 5.74) is 1.73. The molecule has 2 aromatic rings.